The Morgan fingerprint density at radius 3 is 2.81 bits per heavy atom. The number of hydrogen-bond acceptors (Lipinski definition) is 3. The molecular weight excluding hydrogens is 381 g/mol. The largest absolute Gasteiger partial charge is 0.351 e. The Morgan fingerprint density at radius 1 is 1.26 bits per heavy atom. The van der Waals surface area contributed by atoms with Gasteiger partial charge in [-0.25, -0.2) is 0 Å². The lowest BCUT2D eigenvalue weighted by atomic mass is 9.67. The molecular formula is C21H33Cl2N3O. The highest BCUT2D eigenvalue weighted by Crippen LogP contribution is 2.44. The average Bonchev–Trinajstić information content (AvgIpc) is 3.20. The van der Waals surface area contributed by atoms with E-state index in [1.807, 2.05) is 0 Å². The number of fused-ring (bicyclic) bond motifs is 1. The topological polar surface area (TPSA) is 44.4 Å². The summed E-state index contributed by atoms with van der Waals surface area (Å²) in [7, 11) is 0. The van der Waals surface area contributed by atoms with Crippen LogP contribution in [0.15, 0.2) is 30.3 Å². The van der Waals surface area contributed by atoms with Crippen LogP contribution < -0.4 is 10.6 Å². The van der Waals surface area contributed by atoms with E-state index in [4.69, 9.17) is 0 Å². The molecule has 2 unspecified atom stereocenters. The minimum Gasteiger partial charge on any atom is -0.351 e. The summed E-state index contributed by atoms with van der Waals surface area (Å²) in [6.07, 6.45) is 5.82. The number of likely N-dealkylation sites (tertiary alicyclic amines) is 1. The Bertz CT molecular complexity index is 615. The van der Waals surface area contributed by atoms with Crippen LogP contribution in [0.5, 0.6) is 0 Å². The molecule has 0 aromatic heterocycles. The van der Waals surface area contributed by atoms with Crippen molar-refractivity contribution in [3.8, 4) is 0 Å². The van der Waals surface area contributed by atoms with Crippen molar-refractivity contribution in [2.45, 2.75) is 57.7 Å². The molecule has 2 aliphatic heterocycles. The number of benzene rings is 1. The minimum absolute atomic E-state index is 0. The number of hydrogen-bond donors (Lipinski definition) is 2. The van der Waals surface area contributed by atoms with E-state index in [1.165, 1.54) is 24.8 Å². The molecule has 1 aromatic rings. The second kappa shape index (κ2) is 9.60. The van der Waals surface area contributed by atoms with E-state index in [-0.39, 0.29) is 30.2 Å². The molecule has 0 bridgehead atoms. The zero-order valence-corrected chi connectivity index (χ0v) is 17.8. The number of nitrogens with zero attached hydrogens (tertiary/aromatic N) is 1. The number of carbonyl (C=O) groups excluding carboxylic acids is 1. The van der Waals surface area contributed by atoms with Gasteiger partial charge in [0.25, 0.3) is 0 Å². The van der Waals surface area contributed by atoms with Crippen LogP contribution in [-0.2, 0) is 11.3 Å². The van der Waals surface area contributed by atoms with Crippen molar-refractivity contribution >= 4 is 30.7 Å². The molecule has 3 fully saturated rings. The lowest BCUT2D eigenvalue weighted by molar-refractivity contribution is -0.134. The second-order valence-corrected chi connectivity index (χ2v) is 8.40. The molecule has 2 N–H and O–H groups in total. The fourth-order valence-corrected chi connectivity index (χ4v) is 5.26. The normalized spacial score (nSPS) is 32.9. The van der Waals surface area contributed by atoms with Gasteiger partial charge in [-0.3, -0.25) is 9.69 Å². The highest BCUT2D eigenvalue weighted by molar-refractivity contribution is 5.85. The molecule has 1 amide bonds. The average molecular weight is 414 g/mol. The predicted octanol–water partition coefficient (Wildman–Crippen LogP) is 3.39. The number of nitrogens with one attached hydrogen (secondary N) is 2. The summed E-state index contributed by atoms with van der Waals surface area (Å²) >= 11 is 0. The smallest absolute Gasteiger partial charge is 0.228 e. The van der Waals surface area contributed by atoms with Gasteiger partial charge in [0, 0.05) is 31.7 Å². The van der Waals surface area contributed by atoms with Crippen LogP contribution in [0.4, 0.5) is 0 Å². The standard InChI is InChI=1S/C21H31N3O.2ClH/c1-16-11-19(14-24(16)13-17-7-3-2-4-8-17)23-20(25)21-10-6-5-9-18(21)12-22-15-21;;/h2-4,7-8,16,18-19,22H,5-6,9-15H2,1H3,(H,23,25);2*1H/t16?,18-,19?,21+;;/m0../s1. The maximum Gasteiger partial charge on any atom is 0.228 e. The van der Waals surface area contributed by atoms with Crippen molar-refractivity contribution in [1.29, 1.82) is 0 Å². The van der Waals surface area contributed by atoms with E-state index >= 15 is 0 Å². The molecule has 152 valence electrons. The van der Waals surface area contributed by atoms with Crippen LogP contribution in [0, 0.1) is 11.3 Å². The summed E-state index contributed by atoms with van der Waals surface area (Å²) in [5.41, 5.74) is 1.22. The Balaban J connectivity index is 0.00000131. The van der Waals surface area contributed by atoms with Crippen molar-refractivity contribution in [3.63, 3.8) is 0 Å². The zero-order chi connectivity index (χ0) is 17.3. The van der Waals surface area contributed by atoms with E-state index in [9.17, 15) is 4.79 Å². The van der Waals surface area contributed by atoms with Gasteiger partial charge in [-0.15, -0.1) is 24.8 Å². The van der Waals surface area contributed by atoms with Crippen molar-refractivity contribution in [1.82, 2.24) is 15.5 Å². The third-order valence-electron chi connectivity index (χ3n) is 6.76. The highest BCUT2D eigenvalue weighted by Gasteiger charge is 2.50. The van der Waals surface area contributed by atoms with Gasteiger partial charge in [-0.2, -0.15) is 0 Å². The van der Waals surface area contributed by atoms with Gasteiger partial charge in [-0.1, -0.05) is 43.2 Å². The molecule has 3 aliphatic rings. The monoisotopic (exact) mass is 413 g/mol. The summed E-state index contributed by atoms with van der Waals surface area (Å²) in [5.74, 6) is 0.862. The van der Waals surface area contributed by atoms with Gasteiger partial charge in [0.1, 0.15) is 0 Å². The molecule has 2 heterocycles. The summed E-state index contributed by atoms with van der Waals surface area (Å²) in [6.45, 7) is 6.13. The van der Waals surface area contributed by atoms with Crippen LogP contribution in [0.25, 0.3) is 0 Å². The molecule has 0 radical (unpaired) electrons. The fourth-order valence-electron chi connectivity index (χ4n) is 5.26. The van der Waals surface area contributed by atoms with Crippen molar-refractivity contribution in [3.05, 3.63) is 35.9 Å². The Hall–Kier alpha value is -0.810. The highest BCUT2D eigenvalue weighted by atomic mass is 35.5. The third-order valence-corrected chi connectivity index (χ3v) is 6.76. The molecule has 4 rings (SSSR count). The van der Waals surface area contributed by atoms with Crippen molar-refractivity contribution < 1.29 is 4.79 Å². The quantitative estimate of drug-likeness (QED) is 0.794. The first kappa shape index (κ1) is 22.5. The Labute approximate surface area is 175 Å². The van der Waals surface area contributed by atoms with Crippen molar-refractivity contribution in [2.75, 3.05) is 19.6 Å². The van der Waals surface area contributed by atoms with E-state index in [2.05, 4.69) is 52.8 Å². The maximum atomic E-state index is 13.2. The van der Waals surface area contributed by atoms with E-state index < -0.39 is 0 Å². The van der Waals surface area contributed by atoms with Crippen LogP contribution in [0.3, 0.4) is 0 Å². The van der Waals surface area contributed by atoms with E-state index in [1.54, 1.807) is 0 Å². The second-order valence-electron chi connectivity index (χ2n) is 8.40. The molecule has 1 saturated carbocycles. The lowest BCUT2D eigenvalue weighted by Crippen LogP contribution is -2.51. The first-order chi connectivity index (χ1) is 12.2. The maximum absolute atomic E-state index is 13.2. The van der Waals surface area contributed by atoms with Crippen LogP contribution in [0.2, 0.25) is 0 Å². The third kappa shape index (κ3) is 4.61. The summed E-state index contributed by atoms with van der Waals surface area (Å²) in [6, 6.07) is 11.5. The Kier molecular flexibility index (Phi) is 7.99. The SMILES string of the molecule is CC1CC(NC(=O)[C@@]23CCCC[C@H]2CNC3)CN1Cc1ccccc1.Cl.Cl. The van der Waals surface area contributed by atoms with Gasteiger partial charge in [-0.05, 0) is 44.2 Å². The van der Waals surface area contributed by atoms with Crippen LogP contribution in [0.1, 0.15) is 44.6 Å². The Morgan fingerprint density at radius 2 is 2.04 bits per heavy atom. The lowest BCUT2D eigenvalue weighted by Gasteiger charge is -2.37. The fraction of sp³-hybridized carbons (Fsp3) is 0.667. The zero-order valence-electron chi connectivity index (χ0n) is 16.2. The first-order valence-electron chi connectivity index (χ1n) is 9.97. The number of rotatable bonds is 4. The molecule has 2 saturated heterocycles. The number of amides is 1. The number of halogens is 2. The van der Waals surface area contributed by atoms with Crippen LogP contribution >= 0.6 is 24.8 Å². The summed E-state index contributed by atoms with van der Waals surface area (Å²) in [4.78, 5) is 15.7. The van der Waals surface area contributed by atoms with E-state index in [0.717, 1.165) is 39.0 Å². The van der Waals surface area contributed by atoms with Gasteiger partial charge < -0.3 is 10.6 Å². The molecule has 6 heteroatoms. The van der Waals surface area contributed by atoms with Gasteiger partial charge in [0.15, 0.2) is 0 Å². The molecule has 27 heavy (non-hydrogen) atoms. The molecule has 1 aromatic carbocycles. The van der Waals surface area contributed by atoms with Gasteiger partial charge in [0.2, 0.25) is 5.91 Å². The number of carbonyl (C=O) groups is 1. The molecule has 4 atom stereocenters. The predicted molar refractivity (Wildman–Crippen MR) is 115 cm³/mol. The van der Waals surface area contributed by atoms with Gasteiger partial charge >= 0.3 is 0 Å². The van der Waals surface area contributed by atoms with E-state index in [0.29, 0.717) is 23.9 Å². The van der Waals surface area contributed by atoms with Gasteiger partial charge in [0.05, 0.1) is 5.41 Å². The van der Waals surface area contributed by atoms with Crippen LogP contribution in [-0.4, -0.2) is 42.5 Å². The molecule has 1 aliphatic carbocycles. The van der Waals surface area contributed by atoms with Crippen molar-refractivity contribution in [2.24, 2.45) is 11.3 Å². The molecule has 4 nitrogen and oxygen atoms in total. The summed E-state index contributed by atoms with van der Waals surface area (Å²) in [5, 5.41) is 6.93. The summed E-state index contributed by atoms with van der Waals surface area (Å²) < 4.78 is 0. The molecule has 0 spiro atoms. The minimum atomic E-state index is -0.131. The first-order valence-corrected chi connectivity index (χ1v) is 9.97.